The van der Waals surface area contributed by atoms with Crippen LogP contribution in [0.5, 0.6) is 0 Å². The molecule has 0 radical (unpaired) electrons. The van der Waals surface area contributed by atoms with E-state index in [9.17, 15) is 4.79 Å². The third-order valence-corrected chi connectivity index (χ3v) is 6.14. The molecule has 1 heterocycles. The lowest BCUT2D eigenvalue weighted by Crippen LogP contribution is -2.10. The third-order valence-electron chi connectivity index (χ3n) is 3.30. The van der Waals surface area contributed by atoms with Gasteiger partial charge in [0, 0.05) is 26.4 Å². The normalized spacial score (nSPS) is 10.6. The van der Waals surface area contributed by atoms with Crippen molar-refractivity contribution in [1.29, 1.82) is 0 Å². The van der Waals surface area contributed by atoms with Crippen molar-refractivity contribution >= 4 is 57.9 Å². The Morgan fingerprint density at radius 2 is 1.71 bits per heavy atom. The highest BCUT2D eigenvalue weighted by Gasteiger charge is 2.15. The second-order valence-electron chi connectivity index (χ2n) is 4.92. The molecule has 0 aliphatic rings. The maximum atomic E-state index is 12.5. The summed E-state index contributed by atoms with van der Waals surface area (Å²) in [6, 6.07) is 16.8. The monoisotopic (exact) mass is 393 g/mol. The summed E-state index contributed by atoms with van der Waals surface area (Å²) < 4.78 is 0. The first-order valence-electron chi connectivity index (χ1n) is 7.14. The molecule has 2 nitrogen and oxygen atoms in total. The summed E-state index contributed by atoms with van der Waals surface area (Å²) in [5.74, 6) is 0.505. The molecule has 0 atom stereocenters. The number of hydrogen-bond acceptors (Lipinski definition) is 3. The first-order valence-corrected chi connectivity index (χ1v) is 9.77. The summed E-state index contributed by atoms with van der Waals surface area (Å²) in [7, 11) is 0. The van der Waals surface area contributed by atoms with E-state index in [2.05, 4.69) is 5.32 Å². The number of nitrogens with one attached hydrogen (secondary N) is 1. The Morgan fingerprint density at radius 3 is 2.42 bits per heavy atom. The van der Waals surface area contributed by atoms with Crippen molar-refractivity contribution in [2.45, 2.75) is 10.6 Å². The van der Waals surface area contributed by atoms with Crippen molar-refractivity contribution in [3.05, 3.63) is 80.5 Å². The minimum atomic E-state index is -0.107. The molecule has 2 aromatic carbocycles. The van der Waals surface area contributed by atoms with E-state index in [0.717, 1.165) is 16.1 Å². The van der Waals surface area contributed by atoms with E-state index in [0.29, 0.717) is 20.7 Å². The van der Waals surface area contributed by atoms with Crippen LogP contribution in [0.3, 0.4) is 0 Å². The van der Waals surface area contributed by atoms with Crippen molar-refractivity contribution in [2.75, 3.05) is 5.32 Å². The van der Waals surface area contributed by atoms with Gasteiger partial charge in [-0.2, -0.15) is 0 Å². The molecule has 0 saturated heterocycles. The molecule has 1 amide bonds. The van der Waals surface area contributed by atoms with Crippen LogP contribution in [0.4, 0.5) is 5.69 Å². The van der Waals surface area contributed by atoms with E-state index in [4.69, 9.17) is 23.2 Å². The molecule has 1 aromatic heterocycles. The van der Waals surface area contributed by atoms with Crippen LogP contribution in [0, 0.1) is 0 Å². The van der Waals surface area contributed by atoms with E-state index < -0.39 is 0 Å². The van der Waals surface area contributed by atoms with Crippen LogP contribution in [0.1, 0.15) is 15.2 Å². The summed E-state index contributed by atoms with van der Waals surface area (Å²) >= 11 is 15.4. The van der Waals surface area contributed by atoms with Gasteiger partial charge in [0.05, 0.1) is 0 Å². The molecule has 0 fully saturated rings. The highest BCUT2D eigenvalue weighted by atomic mass is 35.5. The highest BCUT2D eigenvalue weighted by molar-refractivity contribution is 7.98. The van der Waals surface area contributed by atoms with Crippen LogP contribution < -0.4 is 5.32 Å². The number of hydrogen-bond donors (Lipinski definition) is 1. The number of carbonyl (C=O) groups excluding carboxylic acids is 1. The lowest BCUT2D eigenvalue weighted by atomic mass is 10.2. The number of carbonyl (C=O) groups is 1. The molecule has 0 aliphatic carbocycles. The number of thiophene rings is 1. The highest BCUT2D eigenvalue weighted by Crippen LogP contribution is 2.35. The molecule has 0 aliphatic heterocycles. The molecule has 0 spiro atoms. The zero-order valence-corrected chi connectivity index (χ0v) is 15.6. The van der Waals surface area contributed by atoms with Crippen molar-refractivity contribution < 1.29 is 4.79 Å². The van der Waals surface area contributed by atoms with Gasteiger partial charge in [0.2, 0.25) is 0 Å². The van der Waals surface area contributed by atoms with Crippen molar-refractivity contribution in [3.63, 3.8) is 0 Å². The molecule has 3 aromatic rings. The zero-order chi connectivity index (χ0) is 16.9. The van der Waals surface area contributed by atoms with Gasteiger partial charge in [-0.1, -0.05) is 47.5 Å². The van der Waals surface area contributed by atoms with Crippen LogP contribution in [0.25, 0.3) is 0 Å². The Morgan fingerprint density at radius 1 is 1.00 bits per heavy atom. The summed E-state index contributed by atoms with van der Waals surface area (Å²) in [6.45, 7) is 0. The molecule has 3 rings (SSSR count). The Bertz CT molecular complexity index is 829. The molecule has 6 heteroatoms. The van der Waals surface area contributed by atoms with Gasteiger partial charge in [-0.25, -0.2) is 0 Å². The maximum absolute atomic E-state index is 12.5. The van der Waals surface area contributed by atoms with Crippen molar-refractivity contribution in [2.24, 2.45) is 0 Å². The Kier molecular flexibility index (Phi) is 5.85. The van der Waals surface area contributed by atoms with Gasteiger partial charge >= 0.3 is 0 Å². The van der Waals surface area contributed by atoms with Gasteiger partial charge in [-0.15, -0.1) is 23.1 Å². The lowest BCUT2D eigenvalue weighted by Gasteiger charge is -2.08. The Labute approximate surface area is 158 Å². The van der Waals surface area contributed by atoms with Gasteiger partial charge in [0.15, 0.2) is 0 Å². The van der Waals surface area contributed by atoms with E-state index >= 15 is 0 Å². The maximum Gasteiger partial charge on any atom is 0.266 e. The summed E-state index contributed by atoms with van der Waals surface area (Å²) in [4.78, 5) is 14.1. The average molecular weight is 394 g/mol. The van der Waals surface area contributed by atoms with Gasteiger partial charge in [-0.05, 0) is 41.3 Å². The number of amides is 1. The van der Waals surface area contributed by atoms with Gasteiger partial charge in [0.25, 0.3) is 5.91 Å². The fourth-order valence-corrected chi connectivity index (χ4v) is 4.88. The SMILES string of the molecule is O=C(Nc1ccccc1)c1sccc1SCc1c(Cl)cccc1Cl. The van der Waals surface area contributed by atoms with Crippen LogP contribution in [0.15, 0.2) is 64.9 Å². The molecule has 0 saturated carbocycles. The molecule has 0 unspecified atom stereocenters. The number of anilines is 1. The van der Waals surface area contributed by atoms with Gasteiger partial charge in [0.1, 0.15) is 4.88 Å². The smallest absolute Gasteiger partial charge is 0.266 e. The minimum Gasteiger partial charge on any atom is -0.321 e. The summed E-state index contributed by atoms with van der Waals surface area (Å²) in [5, 5.41) is 6.10. The van der Waals surface area contributed by atoms with Gasteiger partial charge in [-0.3, -0.25) is 4.79 Å². The van der Waals surface area contributed by atoms with Crippen LogP contribution in [-0.4, -0.2) is 5.91 Å². The fraction of sp³-hybridized carbons (Fsp3) is 0.0556. The molecule has 1 N–H and O–H groups in total. The molecule has 122 valence electrons. The first-order chi connectivity index (χ1) is 11.6. The minimum absolute atomic E-state index is 0.107. The second kappa shape index (κ2) is 8.08. The van der Waals surface area contributed by atoms with Crippen LogP contribution in [0.2, 0.25) is 10.0 Å². The predicted molar refractivity (Wildman–Crippen MR) is 105 cm³/mol. The van der Waals surface area contributed by atoms with Crippen molar-refractivity contribution in [3.8, 4) is 0 Å². The lowest BCUT2D eigenvalue weighted by molar-refractivity contribution is 0.102. The van der Waals surface area contributed by atoms with E-state index in [1.807, 2.05) is 60.0 Å². The van der Waals surface area contributed by atoms with Crippen LogP contribution in [-0.2, 0) is 5.75 Å². The van der Waals surface area contributed by atoms with Crippen molar-refractivity contribution in [1.82, 2.24) is 0 Å². The molecule has 24 heavy (non-hydrogen) atoms. The molecular weight excluding hydrogens is 381 g/mol. The number of rotatable bonds is 5. The number of benzene rings is 2. The zero-order valence-electron chi connectivity index (χ0n) is 12.5. The Balaban J connectivity index is 1.72. The topological polar surface area (TPSA) is 29.1 Å². The number of halogens is 2. The largest absolute Gasteiger partial charge is 0.321 e. The fourth-order valence-electron chi connectivity index (χ4n) is 2.11. The molecular formula is C18H13Cl2NOS2. The summed E-state index contributed by atoms with van der Waals surface area (Å²) in [6.07, 6.45) is 0. The van der Waals surface area contributed by atoms with Crippen LogP contribution >= 0.6 is 46.3 Å². The predicted octanol–water partition coefficient (Wildman–Crippen LogP) is 6.60. The first kappa shape index (κ1) is 17.4. The Hall–Kier alpha value is -1.46. The average Bonchev–Trinajstić information content (AvgIpc) is 3.04. The third kappa shape index (κ3) is 4.14. The van der Waals surface area contributed by atoms with E-state index in [1.54, 1.807) is 11.8 Å². The molecule has 0 bridgehead atoms. The van der Waals surface area contributed by atoms with E-state index in [1.165, 1.54) is 11.3 Å². The number of para-hydroxylation sites is 1. The van der Waals surface area contributed by atoms with Gasteiger partial charge < -0.3 is 5.32 Å². The van der Waals surface area contributed by atoms with E-state index in [-0.39, 0.29) is 5.91 Å². The standard InChI is InChI=1S/C18H13Cl2NOS2/c19-14-7-4-8-15(20)13(14)11-24-16-9-10-23-17(16)18(22)21-12-5-2-1-3-6-12/h1-10H,11H2,(H,21,22). The quantitative estimate of drug-likeness (QED) is 0.494. The second-order valence-corrected chi connectivity index (χ2v) is 7.67. The number of thioether (sulfide) groups is 1. The summed E-state index contributed by atoms with van der Waals surface area (Å²) in [5.41, 5.74) is 1.66.